The van der Waals surface area contributed by atoms with Crippen molar-refractivity contribution in [2.45, 2.75) is 12.6 Å². The molecule has 0 aromatic carbocycles. The summed E-state index contributed by atoms with van der Waals surface area (Å²) in [6.45, 7) is 1.17. The summed E-state index contributed by atoms with van der Waals surface area (Å²) in [4.78, 5) is 0. The van der Waals surface area contributed by atoms with E-state index in [9.17, 15) is 0 Å². The molecule has 14 heavy (non-hydrogen) atoms. The van der Waals surface area contributed by atoms with Crippen molar-refractivity contribution in [3.05, 3.63) is 11.9 Å². The molecule has 0 aliphatic carbocycles. The zero-order valence-electron chi connectivity index (χ0n) is 8.47. The van der Waals surface area contributed by atoms with Crippen LogP contribution in [0.25, 0.3) is 0 Å². The number of aromatic nitrogens is 3. The molecule has 1 unspecified atom stereocenters. The Morgan fingerprint density at radius 2 is 2.50 bits per heavy atom. The van der Waals surface area contributed by atoms with Gasteiger partial charge in [0.1, 0.15) is 0 Å². The normalized spacial score (nSPS) is 13.1. The van der Waals surface area contributed by atoms with E-state index in [-0.39, 0.29) is 12.6 Å². The predicted molar refractivity (Wildman–Crippen MR) is 50.6 cm³/mol. The summed E-state index contributed by atoms with van der Waals surface area (Å²) in [5.74, 6) is 0. The third-order valence-electron chi connectivity index (χ3n) is 1.97. The van der Waals surface area contributed by atoms with Crippen molar-refractivity contribution in [3.63, 3.8) is 0 Å². The number of methoxy groups -OCH3 is 1. The number of nitrogens with zero attached hydrogens (tertiary/aromatic N) is 3. The van der Waals surface area contributed by atoms with Crippen molar-refractivity contribution in [3.8, 4) is 0 Å². The van der Waals surface area contributed by atoms with Crippen LogP contribution in [0.4, 0.5) is 0 Å². The molecule has 0 amide bonds. The van der Waals surface area contributed by atoms with Crippen LogP contribution in [0.2, 0.25) is 0 Å². The Balaban J connectivity index is 2.35. The van der Waals surface area contributed by atoms with Gasteiger partial charge < -0.3 is 15.2 Å². The molecule has 1 aromatic heterocycles. The van der Waals surface area contributed by atoms with Gasteiger partial charge >= 0.3 is 0 Å². The van der Waals surface area contributed by atoms with Crippen LogP contribution in [0.5, 0.6) is 0 Å². The standard InChI is InChI=1S/C8H16N4O2/c1-12-8(4-10-11-12)3-9-7(5-13)6-14-2/h4,7,9,13H,3,5-6H2,1-2H3. The first-order valence-electron chi connectivity index (χ1n) is 4.44. The summed E-state index contributed by atoms with van der Waals surface area (Å²) >= 11 is 0. The zero-order chi connectivity index (χ0) is 10.4. The summed E-state index contributed by atoms with van der Waals surface area (Å²) < 4.78 is 6.62. The molecule has 0 saturated heterocycles. The highest BCUT2D eigenvalue weighted by molar-refractivity contribution is 4.92. The van der Waals surface area contributed by atoms with Gasteiger partial charge in [-0.05, 0) is 0 Å². The van der Waals surface area contributed by atoms with Crippen LogP contribution >= 0.6 is 0 Å². The van der Waals surface area contributed by atoms with Gasteiger partial charge in [0.15, 0.2) is 0 Å². The fourth-order valence-corrected chi connectivity index (χ4v) is 1.10. The summed E-state index contributed by atoms with van der Waals surface area (Å²) in [6, 6.07) is -0.0464. The Hall–Kier alpha value is -0.980. The predicted octanol–water partition coefficient (Wildman–Crippen LogP) is -1.09. The third kappa shape index (κ3) is 3.06. The summed E-state index contributed by atoms with van der Waals surface area (Å²) in [5, 5.41) is 19.7. The zero-order valence-corrected chi connectivity index (χ0v) is 8.47. The van der Waals surface area contributed by atoms with E-state index in [0.717, 1.165) is 5.69 Å². The number of aliphatic hydroxyl groups is 1. The van der Waals surface area contributed by atoms with Crippen molar-refractivity contribution < 1.29 is 9.84 Å². The number of nitrogens with one attached hydrogen (secondary N) is 1. The molecule has 80 valence electrons. The number of aliphatic hydroxyl groups excluding tert-OH is 1. The minimum absolute atomic E-state index is 0.0464. The lowest BCUT2D eigenvalue weighted by atomic mass is 10.3. The van der Waals surface area contributed by atoms with Gasteiger partial charge in [0.2, 0.25) is 0 Å². The van der Waals surface area contributed by atoms with Crippen LogP contribution in [0, 0.1) is 0 Å². The maximum atomic E-state index is 8.97. The van der Waals surface area contributed by atoms with E-state index in [1.807, 2.05) is 7.05 Å². The fraction of sp³-hybridized carbons (Fsp3) is 0.750. The van der Waals surface area contributed by atoms with Crippen molar-refractivity contribution in [1.29, 1.82) is 0 Å². The van der Waals surface area contributed by atoms with Gasteiger partial charge in [-0.3, -0.25) is 4.68 Å². The smallest absolute Gasteiger partial charge is 0.0738 e. The van der Waals surface area contributed by atoms with Crippen molar-refractivity contribution in [1.82, 2.24) is 20.3 Å². The van der Waals surface area contributed by atoms with Crippen molar-refractivity contribution >= 4 is 0 Å². The van der Waals surface area contributed by atoms with Gasteiger partial charge in [-0.15, -0.1) is 5.10 Å². The average molecular weight is 200 g/mol. The minimum atomic E-state index is -0.0464. The number of hydrogen-bond donors (Lipinski definition) is 2. The molecule has 1 atom stereocenters. The summed E-state index contributed by atoms with van der Waals surface area (Å²) in [6.07, 6.45) is 1.69. The van der Waals surface area contributed by atoms with Gasteiger partial charge in [-0.1, -0.05) is 5.21 Å². The van der Waals surface area contributed by atoms with Gasteiger partial charge in [0.05, 0.1) is 31.1 Å². The first kappa shape index (κ1) is 11.1. The molecular weight excluding hydrogens is 184 g/mol. The van der Waals surface area contributed by atoms with Gasteiger partial charge in [0, 0.05) is 20.7 Å². The molecule has 0 radical (unpaired) electrons. The SMILES string of the molecule is COCC(CO)NCc1cnnn1C. The molecule has 0 spiro atoms. The lowest BCUT2D eigenvalue weighted by molar-refractivity contribution is 0.127. The number of ether oxygens (including phenoxy) is 1. The Bertz CT molecular complexity index is 264. The van der Waals surface area contributed by atoms with Crippen LogP contribution in [0.15, 0.2) is 6.20 Å². The number of rotatable bonds is 6. The Morgan fingerprint density at radius 3 is 3.00 bits per heavy atom. The molecule has 0 aliphatic heterocycles. The van der Waals surface area contributed by atoms with Gasteiger partial charge in [-0.2, -0.15) is 0 Å². The van der Waals surface area contributed by atoms with Crippen molar-refractivity contribution in [2.75, 3.05) is 20.3 Å². The number of hydrogen-bond acceptors (Lipinski definition) is 5. The molecule has 0 bridgehead atoms. The van der Waals surface area contributed by atoms with E-state index < -0.39 is 0 Å². The van der Waals surface area contributed by atoms with Crippen molar-refractivity contribution in [2.24, 2.45) is 7.05 Å². The van der Waals surface area contributed by atoms with E-state index in [2.05, 4.69) is 15.6 Å². The van der Waals surface area contributed by atoms with E-state index in [0.29, 0.717) is 13.2 Å². The first-order chi connectivity index (χ1) is 6.77. The molecule has 0 saturated carbocycles. The van der Waals surface area contributed by atoms with Gasteiger partial charge in [0.25, 0.3) is 0 Å². The second kappa shape index (κ2) is 5.69. The quantitative estimate of drug-likeness (QED) is 0.610. The maximum absolute atomic E-state index is 8.97. The Morgan fingerprint density at radius 1 is 1.71 bits per heavy atom. The molecule has 6 nitrogen and oxygen atoms in total. The highest BCUT2D eigenvalue weighted by Crippen LogP contribution is 1.94. The molecule has 6 heteroatoms. The summed E-state index contributed by atoms with van der Waals surface area (Å²) in [5.41, 5.74) is 0.972. The molecule has 1 heterocycles. The van der Waals surface area contributed by atoms with Gasteiger partial charge in [-0.25, -0.2) is 0 Å². The van der Waals surface area contributed by atoms with Crippen LogP contribution in [0.1, 0.15) is 5.69 Å². The molecule has 1 aromatic rings. The topological polar surface area (TPSA) is 72.2 Å². The minimum Gasteiger partial charge on any atom is -0.395 e. The Kier molecular flexibility index (Phi) is 4.51. The van der Waals surface area contributed by atoms with E-state index in [1.165, 1.54) is 0 Å². The molecule has 0 aliphatic rings. The fourth-order valence-electron chi connectivity index (χ4n) is 1.10. The van der Waals surface area contributed by atoms with E-state index in [4.69, 9.17) is 9.84 Å². The van der Waals surface area contributed by atoms with Crippen LogP contribution in [-0.4, -0.2) is 46.5 Å². The molecular formula is C8H16N4O2. The summed E-state index contributed by atoms with van der Waals surface area (Å²) in [7, 11) is 3.43. The maximum Gasteiger partial charge on any atom is 0.0738 e. The highest BCUT2D eigenvalue weighted by Gasteiger charge is 2.07. The second-order valence-electron chi connectivity index (χ2n) is 3.06. The number of aryl methyl sites for hydroxylation is 1. The van der Waals surface area contributed by atoms with Crippen LogP contribution < -0.4 is 5.32 Å². The monoisotopic (exact) mass is 200 g/mol. The molecule has 1 rings (SSSR count). The van der Waals surface area contributed by atoms with Crippen LogP contribution in [-0.2, 0) is 18.3 Å². The van der Waals surface area contributed by atoms with E-state index in [1.54, 1.807) is 18.0 Å². The first-order valence-corrected chi connectivity index (χ1v) is 4.44. The lowest BCUT2D eigenvalue weighted by Gasteiger charge is -2.14. The second-order valence-corrected chi connectivity index (χ2v) is 3.06. The highest BCUT2D eigenvalue weighted by atomic mass is 16.5. The van der Waals surface area contributed by atoms with Crippen LogP contribution in [0.3, 0.4) is 0 Å². The largest absolute Gasteiger partial charge is 0.395 e. The Labute approximate surface area is 82.9 Å². The average Bonchev–Trinajstić information content (AvgIpc) is 2.59. The van der Waals surface area contributed by atoms with E-state index >= 15 is 0 Å². The molecule has 0 fully saturated rings. The third-order valence-corrected chi connectivity index (χ3v) is 1.97. The lowest BCUT2D eigenvalue weighted by Crippen LogP contribution is -2.36. The molecule has 2 N–H and O–H groups in total.